The molecule has 0 amide bonds. The zero-order valence-corrected chi connectivity index (χ0v) is 19.5. The van der Waals surface area contributed by atoms with E-state index in [0.717, 1.165) is 6.33 Å². The number of nitro groups is 1. The highest BCUT2D eigenvalue weighted by atomic mass is 35.5. The minimum Gasteiger partial charge on any atom is -0.459 e. The summed E-state index contributed by atoms with van der Waals surface area (Å²) in [5.74, 6) is -0.695. The minimum atomic E-state index is -0.692. The number of aromatic nitrogens is 2. The van der Waals surface area contributed by atoms with Gasteiger partial charge in [0.1, 0.15) is 24.2 Å². The van der Waals surface area contributed by atoms with Crippen molar-refractivity contribution in [2.45, 2.75) is 26.4 Å². The number of anilines is 1. The predicted octanol–water partition coefficient (Wildman–Crippen LogP) is 3.50. The number of likely N-dealkylation sites (N-methyl/N-ethyl adjacent to an activating group) is 1. The normalized spacial score (nSPS) is 11.3. The van der Waals surface area contributed by atoms with Crippen LogP contribution in [0.5, 0.6) is 11.6 Å². The van der Waals surface area contributed by atoms with Gasteiger partial charge in [0.15, 0.2) is 0 Å². The first-order valence-electron chi connectivity index (χ1n) is 9.48. The van der Waals surface area contributed by atoms with E-state index in [1.165, 1.54) is 18.2 Å². The van der Waals surface area contributed by atoms with Crippen molar-refractivity contribution in [2.24, 2.45) is 5.10 Å². The SMILES string of the molecule is CN(C)/N=C/c1cc(Cl)ccc1Oc1ncnc(N(C)CC(=O)OC(C)(C)C)c1[N+](=O)[O-]. The first-order valence-corrected chi connectivity index (χ1v) is 9.86. The molecule has 1 heterocycles. The van der Waals surface area contributed by atoms with Crippen LogP contribution < -0.4 is 9.64 Å². The monoisotopic (exact) mass is 464 g/mol. The summed E-state index contributed by atoms with van der Waals surface area (Å²) in [6.45, 7) is 4.93. The second kappa shape index (κ2) is 10.2. The van der Waals surface area contributed by atoms with E-state index >= 15 is 0 Å². The van der Waals surface area contributed by atoms with Gasteiger partial charge in [0, 0.05) is 31.7 Å². The van der Waals surface area contributed by atoms with Gasteiger partial charge < -0.3 is 19.4 Å². The maximum atomic E-state index is 12.2. The fourth-order valence-corrected chi connectivity index (χ4v) is 2.69. The number of esters is 1. The van der Waals surface area contributed by atoms with Crippen molar-refractivity contribution < 1.29 is 19.2 Å². The predicted molar refractivity (Wildman–Crippen MR) is 121 cm³/mol. The largest absolute Gasteiger partial charge is 0.459 e. The Morgan fingerprint density at radius 2 is 1.97 bits per heavy atom. The molecule has 0 N–H and O–H groups in total. The van der Waals surface area contributed by atoms with Gasteiger partial charge in [-0.3, -0.25) is 14.9 Å². The molecule has 0 aliphatic heterocycles. The Kier molecular flexibility index (Phi) is 7.92. The number of hydrogen-bond donors (Lipinski definition) is 0. The number of nitrogens with zero attached hydrogens (tertiary/aromatic N) is 6. The molecule has 2 rings (SSSR count). The smallest absolute Gasteiger partial charge is 0.373 e. The number of rotatable bonds is 8. The lowest BCUT2D eigenvalue weighted by Gasteiger charge is -2.23. The molecule has 0 bridgehead atoms. The summed E-state index contributed by atoms with van der Waals surface area (Å²) in [6, 6.07) is 4.73. The summed E-state index contributed by atoms with van der Waals surface area (Å²) >= 11 is 6.06. The molecule has 1 aromatic carbocycles. The van der Waals surface area contributed by atoms with Gasteiger partial charge in [-0.05, 0) is 39.0 Å². The lowest BCUT2D eigenvalue weighted by atomic mass is 10.2. The summed E-state index contributed by atoms with van der Waals surface area (Å²) in [5.41, 5.74) is -0.699. The molecule has 0 aliphatic rings. The van der Waals surface area contributed by atoms with Crippen LogP contribution in [0.25, 0.3) is 0 Å². The molecule has 0 atom stereocenters. The highest BCUT2D eigenvalue weighted by Gasteiger charge is 2.29. The Morgan fingerprint density at radius 3 is 2.56 bits per heavy atom. The molecule has 172 valence electrons. The van der Waals surface area contributed by atoms with Crippen LogP contribution in [-0.4, -0.2) is 65.4 Å². The van der Waals surface area contributed by atoms with Crippen molar-refractivity contribution >= 4 is 35.3 Å². The molecule has 0 spiro atoms. The van der Waals surface area contributed by atoms with Crippen LogP contribution in [0.15, 0.2) is 29.6 Å². The maximum Gasteiger partial charge on any atom is 0.373 e. The quantitative estimate of drug-likeness (QED) is 0.250. The number of hydrazone groups is 1. The zero-order valence-electron chi connectivity index (χ0n) is 18.7. The molecule has 0 aliphatic carbocycles. The lowest BCUT2D eigenvalue weighted by Crippen LogP contribution is -2.33. The summed E-state index contributed by atoms with van der Waals surface area (Å²) in [4.78, 5) is 32.6. The topological polar surface area (TPSA) is 123 Å². The van der Waals surface area contributed by atoms with Gasteiger partial charge in [0.2, 0.25) is 5.82 Å². The second-order valence-electron chi connectivity index (χ2n) is 7.93. The molecule has 0 unspecified atom stereocenters. The second-order valence-corrected chi connectivity index (χ2v) is 8.36. The summed E-state index contributed by atoms with van der Waals surface area (Å²) in [6.07, 6.45) is 2.62. The van der Waals surface area contributed by atoms with E-state index in [-0.39, 0.29) is 24.0 Å². The Labute approximate surface area is 190 Å². The van der Waals surface area contributed by atoms with Gasteiger partial charge in [0.25, 0.3) is 0 Å². The zero-order chi connectivity index (χ0) is 24.1. The van der Waals surface area contributed by atoms with Gasteiger partial charge in [0.05, 0.1) is 11.1 Å². The van der Waals surface area contributed by atoms with E-state index in [1.54, 1.807) is 58.1 Å². The van der Waals surface area contributed by atoms with E-state index < -0.39 is 22.2 Å². The number of carbonyl (C=O) groups excluding carboxylic acids is 1. The Bertz CT molecular complexity index is 1020. The van der Waals surface area contributed by atoms with E-state index in [1.807, 2.05) is 0 Å². The van der Waals surface area contributed by atoms with E-state index in [2.05, 4.69) is 15.1 Å². The van der Waals surface area contributed by atoms with Crippen LogP contribution in [0, 0.1) is 10.1 Å². The average molecular weight is 465 g/mol. The first kappa shape index (κ1) is 24.8. The summed E-state index contributed by atoms with van der Waals surface area (Å²) in [7, 11) is 4.97. The third-order valence-corrected chi connectivity index (χ3v) is 3.94. The number of benzene rings is 1. The van der Waals surface area contributed by atoms with Crippen molar-refractivity contribution in [3.8, 4) is 11.6 Å². The Morgan fingerprint density at radius 1 is 1.28 bits per heavy atom. The lowest BCUT2D eigenvalue weighted by molar-refractivity contribution is -0.385. The molecule has 0 radical (unpaired) electrons. The molecule has 0 fully saturated rings. The molecule has 11 nitrogen and oxygen atoms in total. The number of ether oxygens (including phenoxy) is 2. The van der Waals surface area contributed by atoms with Crippen LogP contribution in [0.3, 0.4) is 0 Å². The Hall–Kier alpha value is -3.47. The van der Waals surface area contributed by atoms with Crippen molar-refractivity contribution in [2.75, 3.05) is 32.6 Å². The van der Waals surface area contributed by atoms with Crippen LogP contribution in [0.1, 0.15) is 26.3 Å². The molecule has 0 saturated heterocycles. The van der Waals surface area contributed by atoms with Gasteiger partial charge in [-0.1, -0.05) is 11.6 Å². The minimum absolute atomic E-state index is 0.0941. The molecule has 0 saturated carbocycles. The highest BCUT2D eigenvalue weighted by Crippen LogP contribution is 2.36. The third kappa shape index (κ3) is 7.05. The molecule has 12 heteroatoms. The fourth-order valence-electron chi connectivity index (χ4n) is 2.50. The van der Waals surface area contributed by atoms with Crippen LogP contribution in [0.4, 0.5) is 11.5 Å². The third-order valence-electron chi connectivity index (χ3n) is 3.71. The van der Waals surface area contributed by atoms with Crippen molar-refractivity contribution in [3.05, 3.63) is 45.2 Å². The van der Waals surface area contributed by atoms with E-state index in [0.29, 0.717) is 10.6 Å². The maximum absolute atomic E-state index is 12.2. The number of hydrogen-bond acceptors (Lipinski definition) is 10. The van der Waals surface area contributed by atoms with E-state index in [4.69, 9.17) is 21.1 Å². The number of halogens is 1. The molecular weight excluding hydrogens is 440 g/mol. The van der Waals surface area contributed by atoms with Crippen molar-refractivity contribution in [3.63, 3.8) is 0 Å². The van der Waals surface area contributed by atoms with Crippen LogP contribution >= 0.6 is 11.6 Å². The molecular formula is C20H25ClN6O5. The van der Waals surface area contributed by atoms with Crippen molar-refractivity contribution in [1.82, 2.24) is 15.0 Å². The highest BCUT2D eigenvalue weighted by molar-refractivity contribution is 6.30. The molecule has 32 heavy (non-hydrogen) atoms. The van der Waals surface area contributed by atoms with Gasteiger partial charge in [-0.2, -0.15) is 10.1 Å². The van der Waals surface area contributed by atoms with Gasteiger partial charge in [-0.25, -0.2) is 4.98 Å². The average Bonchev–Trinajstić information content (AvgIpc) is 2.66. The van der Waals surface area contributed by atoms with Gasteiger partial charge in [-0.15, -0.1) is 0 Å². The van der Waals surface area contributed by atoms with E-state index in [9.17, 15) is 14.9 Å². The first-order chi connectivity index (χ1) is 14.9. The summed E-state index contributed by atoms with van der Waals surface area (Å²) in [5, 5.41) is 18.0. The van der Waals surface area contributed by atoms with Crippen LogP contribution in [-0.2, 0) is 9.53 Å². The Balaban J connectivity index is 2.41. The summed E-state index contributed by atoms with van der Waals surface area (Å²) < 4.78 is 11.0. The molecule has 1 aromatic heterocycles. The fraction of sp³-hybridized carbons (Fsp3) is 0.400. The van der Waals surface area contributed by atoms with Crippen LogP contribution in [0.2, 0.25) is 5.02 Å². The number of carbonyl (C=O) groups is 1. The molecule has 2 aromatic rings. The van der Waals surface area contributed by atoms with Crippen molar-refractivity contribution in [1.29, 1.82) is 0 Å². The standard InChI is InChI=1S/C20H25ClN6O5/c1-20(2,3)32-16(28)11-26(6)18-17(27(29)30)19(23-12-22-18)31-15-8-7-14(21)9-13(15)10-24-25(4)5/h7-10,12H,11H2,1-6H3/b24-10+. The van der Waals surface area contributed by atoms with Gasteiger partial charge >= 0.3 is 17.5 Å².